The minimum atomic E-state index is -4.59. The lowest BCUT2D eigenvalue weighted by molar-refractivity contribution is -0.137. The maximum Gasteiger partial charge on any atom is 0.416 e. The van der Waals surface area contributed by atoms with Gasteiger partial charge in [0.2, 0.25) is 0 Å². The minimum absolute atomic E-state index is 0.0998. The lowest BCUT2D eigenvalue weighted by atomic mass is 10.1. The lowest BCUT2D eigenvalue weighted by Crippen LogP contribution is -2.36. The molecule has 1 aliphatic rings. The van der Waals surface area contributed by atoms with E-state index in [-0.39, 0.29) is 10.6 Å². The first kappa shape index (κ1) is 19.8. The molecule has 0 aromatic heterocycles. The van der Waals surface area contributed by atoms with Gasteiger partial charge in [-0.3, -0.25) is 4.72 Å². The maximum absolute atomic E-state index is 13.1. The molecule has 0 spiro atoms. The van der Waals surface area contributed by atoms with Crippen molar-refractivity contribution >= 4 is 33.0 Å². The predicted octanol–water partition coefficient (Wildman–Crippen LogP) is 4.00. The smallest absolute Gasteiger partial charge is 0.378 e. The molecular formula is C17H16ClF3N2O3S. The Morgan fingerprint density at radius 2 is 1.67 bits per heavy atom. The number of sulfonamides is 1. The van der Waals surface area contributed by atoms with Gasteiger partial charge in [0.1, 0.15) is 0 Å². The third kappa shape index (κ3) is 4.66. The van der Waals surface area contributed by atoms with Gasteiger partial charge in [0.05, 0.1) is 35.0 Å². The zero-order valence-electron chi connectivity index (χ0n) is 14.0. The van der Waals surface area contributed by atoms with Crippen molar-refractivity contribution in [1.82, 2.24) is 0 Å². The highest BCUT2D eigenvalue weighted by atomic mass is 35.5. The lowest BCUT2D eigenvalue weighted by Gasteiger charge is -2.31. The number of halogens is 4. The number of alkyl halides is 3. The molecule has 0 bridgehead atoms. The number of hydrogen-bond donors (Lipinski definition) is 1. The summed E-state index contributed by atoms with van der Waals surface area (Å²) in [6.07, 6.45) is -4.59. The first-order valence-electron chi connectivity index (χ1n) is 7.99. The number of hydrogen-bond acceptors (Lipinski definition) is 4. The van der Waals surface area contributed by atoms with Crippen molar-refractivity contribution in [2.24, 2.45) is 0 Å². The zero-order valence-corrected chi connectivity index (χ0v) is 15.5. The first-order chi connectivity index (χ1) is 12.7. The molecule has 1 heterocycles. The minimum Gasteiger partial charge on any atom is -0.378 e. The maximum atomic E-state index is 13.1. The Bertz CT molecular complexity index is 912. The summed E-state index contributed by atoms with van der Waals surface area (Å²) < 4.78 is 72.1. The molecule has 1 N–H and O–H groups in total. The zero-order chi connectivity index (χ0) is 19.7. The average Bonchev–Trinajstić information content (AvgIpc) is 2.62. The van der Waals surface area contributed by atoms with Gasteiger partial charge in [-0.15, -0.1) is 0 Å². The Labute approximate surface area is 159 Å². The first-order valence-corrected chi connectivity index (χ1v) is 9.85. The number of ether oxygens (including phenoxy) is 1. The van der Waals surface area contributed by atoms with E-state index >= 15 is 0 Å². The van der Waals surface area contributed by atoms with Crippen LogP contribution in [0.2, 0.25) is 5.02 Å². The van der Waals surface area contributed by atoms with E-state index < -0.39 is 21.8 Å². The fraction of sp³-hybridized carbons (Fsp3) is 0.294. The Balaban J connectivity index is 2.01. The third-order valence-corrected chi connectivity index (χ3v) is 5.68. The number of morpholine rings is 1. The van der Waals surface area contributed by atoms with E-state index in [4.69, 9.17) is 16.3 Å². The normalized spacial score (nSPS) is 15.6. The van der Waals surface area contributed by atoms with Crippen LogP contribution in [0.1, 0.15) is 5.56 Å². The van der Waals surface area contributed by atoms with Crippen molar-refractivity contribution in [1.29, 1.82) is 0 Å². The van der Waals surface area contributed by atoms with Crippen LogP contribution in [0.3, 0.4) is 0 Å². The SMILES string of the molecule is O=S(=O)(Nc1cc(C(F)(F)F)ccc1N1CCOCC1)c1ccc(Cl)cc1. The molecule has 0 aliphatic carbocycles. The van der Waals surface area contributed by atoms with Gasteiger partial charge >= 0.3 is 6.18 Å². The van der Waals surface area contributed by atoms with Crippen LogP contribution in [0.15, 0.2) is 47.4 Å². The second-order valence-corrected chi connectivity index (χ2v) is 8.01. The van der Waals surface area contributed by atoms with Gasteiger partial charge < -0.3 is 9.64 Å². The van der Waals surface area contributed by atoms with Crippen LogP contribution in [-0.4, -0.2) is 34.7 Å². The van der Waals surface area contributed by atoms with E-state index in [2.05, 4.69) is 4.72 Å². The highest BCUT2D eigenvalue weighted by Gasteiger charge is 2.32. The van der Waals surface area contributed by atoms with Crippen molar-refractivity contribution in [3.8, 4) is 0 Å². The average molecular weight is 421 g/mol. The quantitative estimate of drug-likeness (QED) is 0.812. The molecule has 3 rings (SSSR count). The molecule has 27 heavy (non-hydrogen) atoms. The van der Waals surface area contributed by atoms with Gasteiger partial charge in [0.15, 0.2) is 0 Å². The number of rotatable bonds is 4. The number of nitrogens with one attached hydrogen (secondary N) is 1. The summed E-state index contributed by atoms with van der Waals surface area (Å²) >= 11 is 5.76. The molecule has 5 nitrogen and oxygen atoms in total. The van der Waals surface area contributed by atoms with E-state index in [1.54, 1.807) is 4.90 Å². The van der Waals surface area contributed by atoms with E-state index in [1.165, 1.54) is 30.3 Å². The molecule has 1 fully saturated rings. The summed E-state index contributed by atoms with van der Waals surface area (Å²) in [5, 5.41) is 0.349. The van der Waals surface area contributed by atoms with Gasteiger partial charge in [-0.25, -0.2) is 8.42 Å². The summed E-state index contributed by atoms with van der Waals surface area (Å²) in [5.74, 6) is 0. The largest absolute Gasteiger partial charge is 0.416 e. The topological polar surface area (TPSA) is 58.6 Å². The predicted molar refractivity (Wildman–Crippen MR) is 96.7 cm³/mol. The Hall–Kier alpha value is -1.97. The number of anilines is 2. The van der Waals surface area contributed by atoms with Gasteiger partial charge in [0.25, 0.3) is 10.0 Å². The van der Waals surface area contributed by atoms with Gasteiger partial charge in [-0.1, -0.05) is 11.6 Å². The van der Waals surface area contributed by atoms with Crippen LogP contribution >= 0.6 is 11.6 Å². The standard InChI is InChI=1S/C17H16ClF3N2O3S/c18-13-2-4-14(5-3-13)27(24,25)22-15-11-12(17(19,20)21)1-6-16(15)23-7-9-26-10-8-23/h1-6,11,22H,7-10H2. The summed E-state index contributed by atoms with van der Waals surface area (Å²) in [5.41, 5.74) is -0.709. The molecule has 10 heteroatoms. The van der Waals surface area contributed by atoms with Crippen molar-refractivity contribution in [3.63, 3.8) is 0 Å². The van der Waals surface area contributed by atoms with Crippen LogP contribution < -0.4 is 9.62 Å². The van der Waals surface area contributed by atoms with Crippen molar-refractivity contribution in [2.75, 3.05) is 35.9 Å². The monoisotopic (exact) mass is 420 g/mol. The van der Waals surface area contributed by atoms with Crippen LogP contribution in [0.5, 0.6) is 0 Å². The molecular weight excluding hydrogens is 405 g/mol. The third-order valence-electron chi connectivity index (χ3n) is 4.04. The fourth-order valence-electron chi connectivity index (χ4n) is 2.69. The molecule has 2 aromatic carbocycles. The highest BCUT2D eigenvalue weighted by Crippen LogP contribution is 2.36. The molecule has 0 unspecified atom stereocenters. The molecule has 0 saturated carbocycles. The van der Waals surface area contributed by atoms with E-state index in [0.29, 0.717) is 37.0 Å². The molecule has 1 aliphatic heterocycles. The van der Waals surface area contributed by atoms with E-state index in [0.717, 1.165) is 12.1 Å². The summed E-state index contributed by atoms with van der Waals surface area (Å²) in [6.45, 7) is 1.71. The Morgan fingerprint density at radius 1 is 1.04 bits per heavy atom. The second kappa shape index (κ2) is 7.57. The fourth-order valence-corrected chi connectivity index (χ4v) is 3.88. The summed E-state index contributed by atoms with van der Waals surface area (Å²) in [7, 11) is -4.09. The van der Waals surface area contributed by atoms with Gasteiger partial charge in [-0.2, -0.15) is 13.2 Å². The van der Waals surface area contributed by atoms with Crippen LogP contribution in [0.4, 0.5) is 24.5 Å². The Morgan fingerprint density at radius 3 is 2.26 bits per heavy atom. The summed E-state index contributed by atoms with van der Waals surface area (Å²) in [4.78, 5) is 1.68. The van der Waals surface area contributed by atoms with Crippen molar-refractivity contribution < 1.29 is 26.3 Å². The van der Waals surface area contributed by atoms with E-state index in [1.807, 2.05) is 0 Å². The Kier molecular flexibility index (Phi) is 5.55. The molecule has 146 valence electrons. The molecule has 0 atom stereocenters. The summed E-state index contributed by atoms with van der Waals surface area (Å²) in [6, 6.07) is 8.37. The van der Waals surface area contributed by atoms with Gasteiger partial charge in [-0.05, 0) is 42.5 Å². The van der Waals surface area contributed by atoms with Crippen molar-refractivity contribution in [3.05, 3.63) is 53.1 Å². The van der Waals surface area contributed by atoms with Crippen LogP contribution in [-0.2, 0) is 20.9 Å². The van der Waals surface area contributed by atoms with Crippen LogP contribution in [0.25, 0.3) is 0 Å². The molecule has 0 amide bonds. The second-order valence-electron chi connectivity index (χ2n) is 5.89. The van der Waals surface area contributed by atoms with E-state index in [9.17, 15) is 21.6 Å². The molecule has 2 aromatic rings. The molecule has 1 saturated heterocycles. The highest BCUT2D eigenvalue weighted by molar-refractivity contribution is 7.92. The number of nitrogens with zero attached hydrogens (tertiary/aromatic N) is 1. The van der Waals surface area contributed by atoms with Crippen molar-refractivity contribution in [2.45, 2.75) is 11.1 Å². The number of benzene rings is 2. The van der Waals surface area contributed by atoms with Gasteiger partial charge in [0, 0.05) is 18.1 Å². The van der Waals surface area contributed by atoms with Crippen LogP contribution in [0, 0.1) is 0 Å². The molecule has 0 radical (unpaired) electrons.